The third-order valence-corrected chi connectivity index (χ3v) is 3.76. The molecule has 0 bridgehead atoms. The number of carbonyl (C=O) groups is 2. The Kier molecular flexibility index (Phi) is 5.55. The Morgan fingerprint density at radius 2 is 2.07 bits per heavy atom. The fraction of sp³-hybridized carbons (Fsp3) is 0.625. The van der Waals surface area contributed by atoms with Crippen LogP contribution in [-0.2, 0) is 9.53 Å². The van der Waals surface area contributed by atoms with Crippen LogP contribution in [0.2, 0.25) is 0 Å². The van der Waals surface area contributed by atoms with Gasteiger partial charge in [0.05, 0.1) is 12.6 Å². The van der Waals surface area contributed by atoms with Crippen molar-refractivity contribution >= 4 is 17.8 Å². The van der Waals surface area contributed by atoms with Gasteiger partial charge >= 0.3 is 11.8 Å². The third-order valence-electron chi connectivity index (χ3n) is 3.76. The van der Waals surface area contributed by atoms with Gasteiger partial charge in [-0.2, -0.15) is 4.98 Å². The first-order valence-electron chi connectivity index (χ1n) is 8.22. The Morgan fingerprint density at radius 3 is 2.56 bits per heavy atom. The van der Waals surface area contributed by atoms with Gasteiger partial charge in [-0.05, 0) is 26.8 Å². The molecule has 2 rings (SSSR count). The van der Waals surface area contributed by atoms with E-state index >= 15 is 0 Å². The number of alkyl halides is 2. The van der Waals surface area contributed by atoms with Crippen molar-refractivity contribution < 1.29 is 28.2 Å². The molecule has 1 aromatic rings. The third kappa shape index (κ3) is 4.59. The Labute approximate surface area is 153 Å². The molecular formula is C16H22F2N4O5. The van der Waals surface area contributed by atoms with Gasteiger partial charge < -0.3 is 15.2 Å². The van der Waals surface area contributed by atoms with Gasteiger partial charge in [0.1, 0.15) is 11.4 Å². The number of anilines is 1. The topological polar surface area (TPSA) is 114 Å². The highest BCUT2D eigenvalue weighted by molar-refractivity contribution is 5.87. The van der Waals surface area contributed by atoms with Crippen LogP contribution in [0.3, 0.4) is 0 Å². The first-order valence-corrected chi connectivity index (χ1v) is 8.22. The van der Waals surface area contributed by atoms with E-state index in [0.29, 0.717) is 9.47 Å². The molecule has 1 fully saturated rings. The molecule has 0 aliphatic carbocycles. The second-order valence-corrected chi connectivity index (χ2v) is 7.25. The Morgan fingerprint density at radius 1 is 1.44 bits per heavy atom. The quantitative estimate of drug-likeness (QED) is 0.808. The molecule has 0 aromatic carbocycles. The predicted octanol–water partition coefficient (Wildman–Crippen LogP) is 1.34. The molecule has 0 unspecified atom stereocenters. The van der Waals surface area contributed by atoms with Gasteiger partial charge in [0.2, 0.25) is 5.91 Å². The van der Waals surface area contributed by atoms with Crippen molar-refractivity contribution in [2.75, 3.05) is 11.9 Å². The van der Waals surface area contributed by atoms with E-state index in [1.54, 1.807) is 20.8 Å². The zero-order valence-electron chi connectivity index (χ0n) is 15.4. The number of nitrogens with one attached hydrogen (secondary N) is 1. The number of halogens is 2. The maximum Gasteiger partial charge on any atom is 0.412 e. The van der Waals surface area contributed by atoms with Crippen molar-refractivity contribution in [3.8, 4) is 0 Å². The lowest BCUT2D eigenvalue weighted by Gasteiger charge is -2.33. The minimum absolute atomic E-state index is 0.104. The Hall–Kier alpha value is -2.56. The van der Waals surface area contributed by atoms with E-state index in [0.717, 1.165) is 6.20 Å². The molecule has 11 heteroatoms. The average molecular weight is 388 g/mol. The fourth-order valence-electron chi connectivity index (χ4n) is 2.82. The summed E-state index contributed by atoms with van der Waals surface area (Å²) in [5, 5.41) is 11.7. The summed E-state index contributed by atoms with van der Waals surface area (Å²) < 4.78 is 35.0. The summed E-state index contributed by atoms with van der Waals surface area (Å²) in [6.45, 7) is 5.18. The fourth-order valence-corrected chi connectivity index (χ4v) is 2.82. The Bertz CT molecular complexity index is 790. The van der Waals surface area contributed by atoms with Crippen LogP contribution in [0.15, 0.2) is 17.1 Å². The molecule has 2 atom stereocenters. The summed E-state index contributed by atoms with van der Waals surface area (Å²) in [7, 11) is 0. The molecule has 2 heterocycles. The predicted molar refractivity (Wildman–Crippen MR) is 90.3 cm³/mol. The zero-order chi connectivity index (χ0) is 20.6. The summed E-state index contributed by atoms with van der Waals surface area (Å²) in [4.78, 5) is 40.0. The van der Waals surface area contributed by atoms with Crippen LogP contribution in [0.4, 0.5) is 19.4 Å². The van der Waals surface area contributed by atoms with Crippen LogP contribution >= 0.6 is 0 Å². The van der Waals surface area contributed by atoms with Crippen molar-refractivity contribution in [1.29, 1.82) is 0 Å². The molecule has 0 spiro atoms. The maximum atomic E-state index is 14.6. The van der Waals surface area contributed by atoms with Crippen molar-refractivity contribution in [2.24, 2.45) is 0 Å². The van der Waals surface area contributed by atoms with E-state index in [-0.39, 0.29) is 5.82 Å². The lowest BCUT2D eigenvalue weighted by atomic mass is 10.2. The molecule has 1 aliphatic heterocycles. The number of hydrogen-bond donors (Lipinski definition) is 2. The van der Waals surface area contributed by atoms with Gasteiger partial charge in [0.25, 0.3) is 5.92 Å². The highest BCUT2D eigenvalue weighted by Crippen LogP contribution is 2.44. The van der Waals surface area contributed by atoms with E-state index in [1.165, 1.54) is 13.0 Å². The van der Waals surface area contributed by atoms with E-state index in [2.05, 4.69) is 10.3 Å². The second-order valence-electron chi connectivity index (χ2n) is 7.25. The van der Waals surface area contributed by atoms with Crippen LogP contribution in [0.5, 0.6) is 0 Å². The number of aliphatic hydroxyl groups excluding tert-OH is 1. The number of rotatable bonds is 3. The van der Waals surface area contributed by atoms with Gasteiger partial charge in [-0.1, -0.05) is 0 Å². The molecule has 0 radical (unpaired) electrons. The molecule has 1 aliphatic rings. The van der Waals surface area contributed by atoms with Crippen LogP contribution in [0.1, 0.15) is 40.3 Å². The molecule has 9 nitrogen and oxygen atoms in total. The van der Waals surface area contributed by atoms with Crippen molar-refractivity contribution in [1.82, 2.24) is 14.5 Å². The number of ether oxygens (including phenoxy) is 1. The molecule has 2 N–H and O–H groups in total. The zero-order valence-corrected chi connectivity index (χ0v) is 15.4. The van der Waals surface area contributed by atoms with Crippen LogP contribution in [-0.4, -0.2) is 55.7 Å². The molecule has 2 amide bonds. The highest BCUT2D eigenvalue weighted by atomic mass is 19.3. The van der Waals surface area contributed by atoms with Gasteiger partial charge in [0, 0.05) is 19.5 Å². The number of aliphatic hydroxyl groups is 1. The minimum Gasteiger partial charge on any atom is -0.444 e. The summed E-state index contributed by atoms with van der Waals surface area (Å²) >= 11 is 0. The van der Waals surface area contributed by atoms with Crippen LogP contribution in [0, 0.1) is 0 Å². The molecular weight excluding hydrogens is 366 g/mol. The smallest absolute Gasteiger partial charge is 0.412 e. The van der Waals surface area contributed by atoms with Gasteiger partial charge in [-0.3, -0.25) is 14.3 Å². The summed E-state index contributed by atoms with van der Waals surface area (Å²) in [6, 6.07) is -0.0694. The monoisotopic (exact) mass is 388 g/mol. The van der Waals surface area contributed by atoms with Crippen molar-refractivity contribution in [2.45, 2.75) is 57.8 Å². The van der Waals surface area contributed by atoms with Crippen molar-refractivity contribution in [3.63, 3.8) is 0 Å². The number of likely N-dealkylation sites (tertiary alicyclic amines) is 1. The van der Waals surface area contributed by atoms with Crippen LogP contribution in [0.25, 0.3) is 0 Å². The minimum atomic E-state index is -3.51. The highest BCUT2D eigenvalue weighted by Gasteiger charge is 2.58. The van der Waals surface area contributed by atoms with Gasteiger partial charge in [-0.25, -0.2) is 18.4 Å². The first kappa shape index (κ1) is 20.7. The standard InChI is InChI=1S/C16H22F2N4O5/c1-9(24)19-11-5-6-21(13(25)20-11)12-16(17,18)7-10(8-23)22(12)14(26)27-15(2,3)4/h5-6,10,12,23H,7-8H2,1-4H3,(H,19,20,24,25)/t10-,12-/m0/s1. The normalized spacial score (nSPS) is 21.8. The van der Waals surface area contributed by atoms with E-state index in [4.69, 9.17) is 4.74 Å². The van der Waals surface area contributed by atoms with Gasteiger partial charge in [0.15, 0.2) is 6.17 Å². The molecule has 0 saturated carbocycles. The lowest BCUT2D eigenvalue weighted by Crippen LogP contribution is -2.48. The molecule has 150 valence electrons. The number of carbonyl (C=O) groups excluding carboxylic acids is 2. The number of aromatic nitrogens is 2. The SMILES string of the molecule is CC(=O)Nc1ccn([C@H]2N(C(=O)OC(C)(C)C)[C@H](CO)CC2(F)F)c(=O)n1. The lowest BCUT2D eigenvalue weighted by molar-refractivity contribution is -0.114. The summed E-state index contributed by atoms with van der Waals surface area (Å²) in [5.41, 5.74) is -2.05. The van der Waals surface area contributed by atoms with Crippen molar-refractivity contribution in [3.05, 3.63) is 22.7 Å². The number of amides is 2. The van der Waals surface area contributed by atoms with Crippen LogP contribution < -0.4 is 11.0 Å². The second kappa shape index (κ2) is 7.22. The van der Waals surface area contributed by atoms with Gasteiger partial charge in [-0.15, -0.1) is 0 Å². The maximum absolute atomic E-state index is 14.6. The molecule has 1 aromatic heterocycles. The molecule has 1 saturated heterocycles. The average Bonchev–Trinajstić information content (AvgIpc) is 2.76. The summed E-state index contributed by atoms with van der Waals surface area (Å²) in [5.74, 6) is -4.10. The van der Waals surface area contributed by atoms with E-state index in [9.17, 15) is 28.3 Å². The first-order chi connectivity index (χ1) is 12.4. The number of hydrogen-bond acceptors (Lipinski definition) is 6. The van der Waals surface area contributed by atoms with E-state index in [1.807, 2.05) is 0 Å². The summed E-state index contributed by atoms with van der Waals surface area (Å²) in [6.07, 6.45) is -2.93. The Balaban J connectivity index is 2.48. The number of nitrogens with zero attached hydrogens (tertiary/aromatic N) is 3. The van der Waals surface area contributed by atoms with E-state index < -0.39 is 54.4 Å². The molecule has 27 heavy (non-hydrogen) atoms. The largest absolute Gasteiger partial charge is 0.444 e.